The largest absolute Gasteiger partial charge is 0.493 e. The summed E-state index contributed by atoms with van der Waals surface area (Å²) in [5, 5.41) is 15.4. The molecule has 0 saturated carbocycles. The number of thiazole rings is 1. The van der Waals surface area contributed by atoms with Crippen molar-refractivity contribution in [2.75, 3.05) is 40.0 Å². The minimum Gasteiger partial charge on any atom is -0.493 e. The van der Waals surface area contributed by atoms with Crippen LogP contribution in [0.2, 0.25) is 0 Å². The van der Waals surface area contributed by atoms with Crippen molar-refractivity contribution in [1.82, 2.24) is 19.5 Å². The van der Waals surface area contributed by atoms with Gasteiger partial charge in [0.05, 0.1) is 37.8 Å². The Bertz CT molecular complexity index is 1100. The van der Waals surface area contributed by atoms with E-state index >= 15 is 0 Å². The predicted octanol–water partition coefficient (Wildman–Crippen LogP) is 3.14. The first-order valence-corrected chi connectivity index (χ1v) is 11.7. The van der Waals surface area contributed by atoms with E-state index in [0.29, 0.717) is 42.1 Å². The van der Waals surface area contributed by atoms with E-state index in [1.165, 1.54) is 15.9 Å². The van der Waals surface area contributed by atoms with Crippen LogP contribution in [0.25, 0.3) is 4.96 Å². The lowest BCUT2D eigenvalue weighted by Gasteiger charge is -2.41. The Kier molecular flexibility index (Phi) is 5.70. The van der Waals surface area contributed by atoms with Gasteiger partial charge in [-0.05, 0) is 31.5 Å². The number of benzene rings is 1. The van der Waals surface area contributed by atoms with Crippen LogP contribution in [-0.2, 0) is 9.47 Å². The van der Waals surface area contributed by atoms with Crippen LogP contribution in [0, 0.1) is 6.92 Å². The molecule has 1 N–H and O–H groups in total. The Morgan fingerprint density at radius 3 is 2.62 bits per heavy atom. The molecule has 10 heteroatoms. The first-order valence-electron chi connectivity index (χ1n) is 10.9. The molecule has 9 nitrogen and oxygen atoms in total. The first kappa shape index (κ1) is 21.4. The summed E-state index contributed by atoms with van der Waals surface area (Å²) in [6.07, 6.45) is 1.55. The number of aromatic nitrogens is 3. The third kappa shape index (κ3) is 3.71. The zero-order valence-electron chi connectivity index (χ0n) is 18.5. The molecule has 4 heterocycles. The van der Waals surface area contributed by atoms with Crippen LogP contribution in [0.1, 0.15) is 42.1 Å². The molecule has 2 aromatic heterocycles. The maximum Gasteiger partial charge on any atom is 0.230 e. The van der Waals surface area contributed by atoms with Crippen molar-refractivity contribution >= 4 is 16.3 Å². The molecule has 1 aromatic carbocycles. The molecule has 1 spiro atoms. The number of piperidine rings is 1. The summed E-state index contributed by atoms with van der Waals surface area (Å²) in [6.45, 7) is 7.15. The van der Waals surface area contributed by atoms with Gasteiger partial charge in [0.25, 0.3) is 0 Å². The van der Waals surface area contributed by atoms with Crippen molar-refractivity contribution in [1.29, 1.82) is 0 Å². The first-order chi connectivity index (χ1) is 15.5. The molecular weight excluding hydrogens is 432 g/mol. The minimum atomic E-state index is -0.470. The fraction of sp³-hybridized carbons (Fsp3) is 0.545. The van der Waals surface area contributed by atoms with E-state index in [0.717, 1.165) is 36.4 Å². The molecule has 172 valence electrons. The number of hydrogen-bond donors (Lipinski definition) is 1. The fourth-order valence-electron chi connectivity index (χ4n) is 4.59. The summed E-state index contributed by atoms with van der Waals surface area (Å²) in [5.74, 6) is 1.65. The monoisotopic (exact) mass is 460 g/mol. The van der Waals surface area contributed by atoms with Crippen molar-refractivity contribution < 1.29 is 24.1 Å². The highest BCUT2D eigenvalue weighted by molar-refractivity contribution is 7.17. The molecule has 0 bridgehead atoms. The summed E-state index contributed by atoms with van der Waals surface area (Å²) in [7, 11) is 1.64. The summed E-state index contributed by atoms with van der Waals surface area (Å²) in [5.41, 5.74) is 1.01. The molecule has 0 amide bonds. The maximum atomic E-state index is 11.1. The van der Waals surface area contributed by atoms with Gasteiger partial charge in [0, 0.05) is 25.9 Å². The van der Waals surface area contributed by atoms with Gasteiger partial charge in [0.15, 0.2) is 17.3 Å². The number of hydrogen-bond acceptors (Lipinski definition) is 9. The summed E-state index contributed by atoms with van der Waals surface area (Å²) in [6, 6.07) is 5.76. The van der Waals surface area contributed by atoms with Crippen LogP contribution in [0.4, 0.5) is 0 Å². The molecule has 32 heavy (non-hydrogen) atoms. The van der Waals surface area contributed by atoms with E-state index < -0.39 is 5.79 Å². The number of ether oxygens (including phenoxy) is 4. The maximum absolute atomic E-state index is 11.1. The summed E-state index contributed by atoms with van der Waals surface area (Å²) in [4.78, 5) is 8.28. The molecule has 0 radical (unpaired) electrons. The fourth-order valence-corrected chi connectivity index (χ4v) is 5.75. The quantitative estimate of drug-likeness (QED) is 0.600. The zero-order valence-corrected chi connectivity index (χ0v) is 19.4. The van der Waals surface area contributed by atoms with Gasteiger partial charge in [-0.15, -0.1) is 5.10 Å². The number of likely N-dealkylation sites (tertiary alicyclic amines) is 1. The van der Waals surface area contributed by atoms with E-state index in [2.05, 4.69) is 15.0 Å². The normalized spacial score (nSPS) is 19.6. The van der Waals surface area contributed by atoms with Gasteiger partial charge in [0.1, 0.15) is 5.82 Å². The Balaban J connectivity index is 1.54. The van der Waals surface area contributed by atoms with Crippen molar-refractivity contribution in [3.63, 3.8) is 0 Å². The Morgan fingerprint density at radius 2 is 1.97 bits per heavy atom. The standard InChI is InChI=1S/C22H28N4O5S/c1-4-29-16-6-5-15(13-17(16)28-3)18(19-20(27)26-21(32-19)23-14(2)24-26)25-9-7-22(8-10-25)30-11-12-31-22/h5-6,13,18,27H,4,7-12H2,1-3H3/t18-/m0/s1. The van der Waals surface area contributed by atoms with E-state index in [4.69, 9.17) is 18.9 Å². The van der Waals surface area contributed by atoms with Crippen LogP contribution in [0.3, 0.4) is 0 Å². The van der Waals surface area contributed by atoms with Crippen molar-refractivity contribution in [2.24, 2.45) is 0 Å². The van der Waals surface area contributed by atoms with E-state index in [9.17, 15) is 5.11 Å². The molecule has 2 fully saturated rings. The third-order valence-electron chi connectivity index (χ3n) is 6.10. The Hall–Kier alpha value is -2.40. The second-order valence-corrected chi connectivity index (χ2v) is 9.04. The molecular formula is C22H28N4O5S. The number of aryl methyl sites for hydroxylation is 1. The van der Waals surface area contributed by atoms with Crippen molar-refractivity contribution in [3.05, 3.63) is 34.5 Å². The van der Waals surface area contributed by atoms with E-state index in [1.807, 2.05) is 32.0 Å². The SMILES string of the molecule is CCOc1ccc([C@@H](c2sc3nc(C)nn3c2O)N2CCC3(CC2)OCCO3)cc1OC. The topological polar surface area (TPSA) is 90.6 Å². The van der Waals surface area contributed by atoms with Gasteiger partial charge in [-0.25, -0.2) is 4.98 Å². The summed E-state index contributed by atoms with van der Waals surface area (Å²) >= 11 is 1.46. The van der Waals surface area contributed by atoms with Gasteiger partial charge >= 0.3 is 0 Å². The van der Waals surface area contributed by atoms with Gasteiger partial charge in [-0.2, -0.15) is 4.52 Å². The summed E-state index contributed by atoms with van der Waals surface area (Å²) < 4.78 is 24.7. The van der Waals surface area contributed by atoms with Gasteiger partial charge in [-0.1, -0.05) is 17.4 Å². The average molecular weight is 461 g/mol. The molecule has 1 atom stereocenters. The average Bonchev–Trinajstić information content (AvgIpc) is 3.48. The van der Waals surface area contributed by atoms with Crippen molar-refractivity contribution in [2.45, 2.75) is 38.5 Å². The molecule has 2 aliphatic rings. The number of fused-ring (bicyclic) bond motifs is 1. The minimum absolute atomic E-state index is 0.122. The smallest absolute Gasteiger partial charge is 0.230 e. The zero-order chi connectivity index (χ0) is 22.3. The van der Waals surface area contributed by atoms with Gasteiger partial charge in [-0.3, -0.25) is 4.90 Å². The van der Waals surface area contributed by atoms with Crippen LogP contribution in [0.15, 0.2) is 18.2 Å². The number of aromatic hydroxyl groups is 1. The second-order valence-electron chi connectivity index (χ2n) is 8.03. The molecule has 0 aliphatic carbocycles. The highest BCUT2D eigenvalue weighted by atomic mass is 32.1. The Morgan fingerprint density at radius 1 is 1.22 bits per heavy atom. The van der Waals surface area contributed by atoms with Crippen LogP contribution in [0.5, 0.6) is 17.4 Å². The molecule has 2 aliphatic heterocycles. The van der Waals surface area contributed by atoms with Crippen LogP contribution in [-0.4, -0.2) is 70.4 Å². The number of nitrogens with zero attached hydrogens (tertiary/aromatic N) is 4. The molecule has 2 saturated heterocycles. The number of methoxy groups -OCH3 is 1. The highest BCUT2D eigenvalue weighted by Gasteiger charge is 2.42. The lowest BCUT2D eigenvalue weighted by atomic mass is 9.97. The molecule has 3 aromatic rings. The van der Waals surface area contributed by atoms with Gasteiger partial charge in [0.2, 0.25) is 10.8 Å². The predicted molar refractivity (Wildman–Crippen MR) is 119 cm³/mol. The lowest BCUT2D eigenvalue weighted by molar-refractivity contribution is -0.187. The van der Waals surface area contributed by atoms with Crippen LogP contribution < -0.4 is 9.47 Å². The third-order valence-corrected chi connectivity index (χ3v) is 7.17. The van der Waals surface area contributed by atoms with E-state index in [-0.39, 0.29) is 11.9 Å². The van der Waals surface area contributed by atoms with Crippen LogP contribution >= 0.6 is 11.3 Å². The van der Waals surface area contributed by atoms with Gasteiger partial charge < -0.3 is 24.1 Å². The lowest BCUT2D eigenvalue weighted by Crippen LogP contribution is -2.46. The number of rotatable bonds is 6. The van der Waals surface area contributed by atoms with E-state index in [1.54, 1.807) is 7.11 Å². The second kappa shape index (κ2) is 8.51. The van der Waals surface area contributed by atoms with Crippen molar-refractivity contribution in [3.8, 4) is 17.4 Å². The molecule has 5 rings (SSSR count). The Labute approximate surface area is 190 Å². The molecule has 0 unspecified atom stereocenters. The highest BCUT2D eigenvalue weighted by Crippen LogP contribution is 2.44.